The number of alkyl halides is 1. The molecular weight excluding hydrogens is 279 g/mol. The number of hydrogen-bond donors (Lipinski definition) is 2. The maximum atomic E-state index is 14.2. The van der Waals surface area contributed by atoms with E-state index in [9.17, 15) is 14.6 Å². The second kappa shape index (κ2) is 4.80. The van der Waals surface area contributed by atoms with Crippen LogP contribution < -0.4 is 0 Å². The molecule has 22 heavy (non-hydrogen) atoms. The summed E-state index contributed by atoms with van der Waals surface area (Å²) < 4.78 is 14.2. The van der Waals surface area contributed by atoms with Crippen LogP contribution in [-0.2, 0) is 0 Å². The van der Waals surface area contributed by atoms with Gasteiger partial charge in [-0.15, -0.1) is 0 Å². The standard InChI is InChI=1S/C19H29FO2/c1-18-7-5-12(21)9-11(18)3-4-13-14(18)6-8-19(2)15(13)10-16(20)17(19)22/h9,12-17,21-22H,3-8,10H2,1-2H3/t12-,13-,14+,15+,16+,17-,18+,19+/m1/s1. The molecule has 0 aromatic rings. The summed E-state index contributed by atoms with van der Waals surface area (Å²) in [5, 5.41) is 20.3. The lowest BCUT2D eigenvalue weighted by molar-refractivity contribution is -0.0808. The molecule has 4 aliphatic rings. The van der Waals surface area contributed by atoms with Gasteiger partial charge in [-0.3, -0.25) is 0 Å². The van der Waals surface area contributed by atoms with Crippen molar-refractivity contribution >= 4 is 0 Å². The minimum atomic E-state index is -1.04. The van der Waals surface area contributed by atoms with Crippen LogP contribution in [0.1, 0.15) is 58.8 Å². The summed E-state index contributed by atoms with van der Waals surface area (Å²) in [5.41, 5.74) is 1.43. The summed E-state index contributed by atoms with van der Waals surface area (Å²) >= 11 is 0. The Morgan fingerprint density at radius 3 is 2.64 bits per heavy atom. The molecule has 2 N–H and O–H groups in total. The van der Waals surface area contributed by atoms with Gasteiger partial charge in [-0.25, -0.2) is 4.39 Å². The predicted octanol–water partition coefficient (Wildman–Crippen LogP) is 3.62. The molecule has 0 aromatic heterocycles. The van der Waals surface area contributed by atoms with Gasteiger partial charge in [0, 0.05) is 0 Å². The maximum Gasteiger partial charge on any atom is 0.127 e. The lowest BCUT2D eigenvalue weighted by Gasteiger charge is -2.58. The highest BCUT2D eigenvalue weighted by molar-refractivity contribution is 5.25. The smallest absolute Gasteiger partial charge is 0.127 e. The minimum absolute atomic E-state index is 0.197. The van der Waals surface area contributed by atoms with Crippen molar-refractivity contribution in [2.45, 2.75) is 77.2 Å². The van der Waals surface area contributed by atoms with E-state index in [-0.39, 0.29) is 16.9 Å². The Labute approximate surface area is 132 Å². The second-order valence-electron chi connectivity index (χ2n) is 8.87. The van der Waals surface area contributed by atoms with E-state index in [0.29, 0.717) is 24.2 Å². The Hall–Kier alpha value is -0.410. The third-order valence-corrected chi connectivity index (χ3v) is 8.02. The van der Waals surface area contributed by atoms with E-state index in [1.165, 1.54) is 5.57 Å². The molecule has 0 bridgehead atoms. The largest absolute Gasteiger partial charge is 0.390 e. The fraction of sp³-hybridized carbons (Fsp3) is 0.895. The van der Waals surface area contributed by atoms with Crippen molar-refractivity contribution in [3.8, 4) is 0 Å². The molecule has 0 saturated heterocycles. The van der Waals surface area contributed by atoms with Crippen molar-refractivity contribution in [1.82, 2.24) is 0 Å². The summed E-state index contributed by atoms with van der Waals surface area (Å²) in [7, 11) is 0. The van der Waals surface area contributed by atoms with Crippen molar-refractivity contribution < 1.29 is 14.6 Å². The Morgan fingerprint density at radius 1 is 1.09 bits per heavy atom. The molecule has 0 spiro atoms. The quantitative estimate of drug-likeness (QED) is 0.671. The summed E-state index contributed by atoms with van der Waals surface area (Å²) in [6.07, 6.45) is 6.72. The van der Waals surface area contributed by atoms with E-state index in [0.717, 1.165) is 38.5 Å². The molecule has 0 heterocycles. The van der Waals surface area contributed by atoms with Gasteiger partial charge >= 0.3 is 0 Å². The molecule has 4 aliphatic carbocycles. The zero-order chi connectivity index (χ0) is 15.7. The van der Waals surface area contributed by atoms with Crippen molar-refractivity contribution in [1.29, 1.82) is 0 Å². The molecular formula is C19H29FO2. The number of hydrogen-bond acceptors (Lipinski definition) is 2. The van der Waals surface area contributed by atoms with Crippen molar-refractivity contribution in [2.75, 3.05) is 0 Å². The van der Waals surface area contributed by atoms with Crippen LogP contribution >= 0.6 is 0 Å². The third-order valence-electron chi connectivity index (χ3n) is 8.02. The molecule has 3 fully saturated rings. The van der Waals surface area contributed by atoms with Gasteiger partial charge in [-0.1, -0.05) is 25.5 Å². The van der Waals surface area contributed by atoms with Crippen LogP contribution in [-0.4, -0.2) is 28.6 Å². The Balaban J connectivity index is 1.68. The molecule has 0 aliphatic heterocycles. The maximum absolute atomic E-state index is 14.2. The van der Waals surface area contributed by atoms with Crippen LogP contribution in [0.3, 0.4) is 0 Å². The first-order valence-electron chi connectivity index (χ1n) is 9.07. The average molecular weight is 308 g/mol. The Kier molecular flexibility index (Phi) is 3.30. The van der Waals surface area contributed by atoms with Crippen LogP contribution in [0.5, 0.6) is 0 Å². The summed E-state index contributed by atoms with van der Waals surface area (Å²) in [5.74, 6) is 1.49. The highest BCUT2D eigenvalue weighted by atomic mass is 19.1. The lowest BCUT2D eigenvalue weighted by Crippen LogP contribution is -2.51. The highest BCUT2D eigenvalue weighted by Gasteiger charge is 2.61. The van der Waals surface area contributed by atoms with E-state index in [4.69, 9.17) is 0 Å². The van der Waals surface area contributed by atoms with Gasteiger partial charge in [0.05, 0.1) is 12.2 Å². The monoisotopic (exact) mass is 308 g/mol. The molecule has 3 heteroatoms. The summed E-state index contributed by atoms with van der Waals surface area (Å²) in [4.78, 5) is 0. The van der Waals surface area contributed by atoms with E-state index >= 15 is 0 Å². The molecule has 0 aromatic carbocycles. The van der Waals surface area contributed by atoms with Crippen molar-refractivity contribution in [3.63, 3.8) is 0 Å². The number of halogens is 1. The van der Waals surface area contributed by atoms with Gasteiger partial charge in [-0.05, 0) is 73.5 Å². The summed E-state index contributed by atoms with van der Waals surface area (Å²) in [6.45, 7) is 4.50. The molecule has 124 valence electrons. The number of allylic oxidation sites excluding steroid dienone is 1. The normalized spacial score (nSPS) is 57.6. The Morgan fingerprint density at radius 2 is 1.86 bits per heavy atom. The molecule has 0 radical (unpaired) electrons. The predicted molar refractivity (Wildman–Crippen MR) is 84.0 cm³/mol. The zero-order valence-electron chi connectivity index (χ0n) is 13.8. The van der Waals surface area contributed by atoms with E-state index in [1.807, 2.05) is 0 Å². The van der Waals surface area contributed by atoms with Crippen molar-refractivity contribution in [2.24, 2.45) is 28.6 Å². The van der Waals surface area contributed by atoms with Crippen LogP contribution in [0.4, 0.5) is 4.39 Å². The molecule has 3 saturated carbocycles. The number of aliphatic hydroxyl groups excluding tert-OH is 2. The first-order valence-corrected chi connectivity index (χ1v) is 9.07. The summed E-state index contributed by atoms with van der Waals surface area (Å²) in [6, 6.07) is 0. The zero-order valence-corrected chi connectivity index (χ0v) is 13.8. The molecule has 8 atom stereocenters. The molecule has 4 rings (SSSR count). The number of fused-ring (bicyclic) bond motifs is 5. The van der Waals surface area contributed by atoms with Crippen LogP contribution in [0.2, 0.25) is 0 Å². The van der Waals surface area contributed by atoms with Gasteiger partial charge in [0.15, 0.2) is 0 Å². The number of rotatable bonds is 0. The average Bonchev–Trinajstić information content (AvgIpc) is 2.72. The first-order chi connectivity index (χ1) is 10.4. The highest BCUT2D eigenvalue weighted by Crippen LogP contribution is 2.65. The fourth-order valence-electron chi connectivity index (χ4n) is 6.65. The van der Waals surface area contributed by atoms with Crippen molar-refractivity contribution in [3.05, 3.63) is 11.6 Å². The number of aliphatic hydroxyl groups is 2. The van der Waals surface area contributed by atoms with Gasteiger partial charge < -0.3 is 10.2 Å². The van der Waals surface area contributed by atoms with E-state index in [1.54, 1.807) is 0 Å². The SMILES string of the molecule is C[C@]12CC[C@H]3[C@@H](CCC4=C[C@H](O)CC[C@@]43C)[C@@H]1C[C@H](F)[C@H]2O. The van der Waals surface area contributed by atoms with Crippen LogP contribution in [0, 0.1) is 28.6 Å². The fourth-order valence-corrected chi connectivity index (χ4v) is 6.65. The van der Waals surface area contributed by atoms with Gasteiger partial charge in [0.2, 0.25) is 0 Å². The first kappa shape index (κ1) is 15.1. The van der Waals surface area contributed by atoms with Gasteiger partial charge in [0.1, 0.15) is 6.17 Å². The van der Waals surface area contributed by atoms with Gasteiger partial charge in [0.25, 0.3) is 0 Å². The molecule has 2 nitrogen and oxygen atoms in total. The molecule has 0 amide bonds. The van der Waals surface area contributed by atoms with Crippen LogP contribution in [0.25, 0.3) is 0 Å². The topological polar surface area (TPSA) is 40.5 Å². The molecule has 0 unspecified atom stereocenters. The van der Waals surface area contributed by atoms with E-state index in [2.05, 4.69) is 19.9 Å². The van der Waals surface area contributed by atoms with Crippen LogP contribution in [0.15, 0.2) is 11.6 Å². The third kappa shape index (κ3) is 1.84. The van der Waals surface area contributed by atoms with E-state index < -0.39 is 12.3 Å². The Bertz CT molecular complexity index is 504. The second-order valence-corrected chi connectivity index (χ2v) is 8.87. The minimum Gasteiger partial charge on any atom is -0.390 e. The van der Waals surface area contributed by atoms with Gasteiger partial charge in [-0.2, -0.15) is 0 Å². The lowest BCUT2D eigenvalue weighted by atomic mass is 9.47.